The number of aryl methyl sites for hydroxylation is 2. The summed E-state index contributed by atoms with van der Waals surface area (Å²) < 4.78 is 0. The minimum absolute atomic E-state index is 0.0401. The Balaban J connectivity index is 1.37. The Hall–Kier alpha value is -5.92. The predicted octanol–water partition coefficient (Wildman–Crippen LogP) is 10.8. The van der Waals surface area contributed by atoms with E-state index in [1.165, 1.54) is 92.9 Å². The van der Waals surface area contributed by atoms with Crippen LogP contribution in [-0.4, -0.2) is 6.71 Å². The van der Waals surface area contributed by atoms with Crippen molar-refractivity contribution in [3.05, 3.63) is 187 Å². The summed E-state index contributed by atoms with van der Waals surface area (Å²) in [5.41, 5.74) is 11.7. The van der Waals surface area contributed by atoms with Crippen LogP contribution in [0.5, 0.6) is 0 Å². The number of hydrogen-bond acceptors (Lipinski definition) is 0. The Morgan fingerprint density at radius 1 is 0.327 bits per heavy atom. The van der Waals surface area contributed by atoms with Crippen LogP contribution in [0.15, 0.2) is 176 Å². The van der Waals surface area contributed by atoms with Gasteiger partial charge in [-0.15, -0.1) is 0 Å². The van der Waals surface area contributed by atoms with Crippen molar-refractivity contribution in [3.8, 4) is 22.3 Å². The highest BCUT2D eigenvalue weighted by Gasteiger charge is 2.29. The average Bonchev–Trinajstić information content (AvgIpc) is 3.16. The SMILES string of the molecule is Cc1ccc2ccccc2c1B(c1cccc(-c2c3ccccc3c(-c3ccccc3)c3ccccc23)c1)c1c(C)ccc2ccccc12. The molecule has 0 nitrogen and oxygen atoms in total. The molecule has 0 radical (unpaired) electrons. The maximum absolute atomic E-state index is 2.48. The standard InChI is InChI=1S/C48H35B/c1-32-27-29-34-15-6-8-21-39(34)47(32)49(48-33(2)28-30-35-16-7-9-22-40(35)48)38-20-14-19-37(31-38)46-43-25-12-10-23-41(43)45(36-17-4-3-5-18-36)42-24-11-13-26-44(42)46/h3-31H,1-2H3. The molecule has 0 unspecified atom stereocenters. The van der Waals surface area contributed by atoms with Crippen LogP contribution >= 0.6 is 0 Å². The quantitative estimate of drug-likeness (QED) is 0.132. The molecule has 230 valence electrons. The highest BCUT2D eigenvalue weighted by Crippen LogP contribution is 2.43. The molecule has 9 aromatic rings. The molecule has 0 saturated heterocycles. The Morgan fingerprint density at radius 3 is 1.24 bits per heavy atom. The maximum atomic E-state index is 2.48. The van der Waals surface area contributed by atoms with Gasteiger partial charge >= 0.3 is 0 Å². The van der Waals surface area contributed by atoms with E-state index in [1.54, 1.807) is 0 Å². The van der Waals surface area contributed by atoms with E-state index in [2.05, 4.69) is 190 Å². The third-order valence-corrected chi connectivity index (χ3v) is 10.5. The Morgan fingerprint density at radius 2 is 0.735 bits per heavy atom. The van der Waals surface area contributed by atoms with E-state index >= 15 is 0 Å². The molecule has 1 heteroatoms. The molecule has 0 atom stereocenters. The van der Waals surface area contributed by atoms with Crippen LogP contribution in [0, 0.1) is 13.8 Å². The smallest absolute Gasteiger partial charge is 0.0680 e. The van der Waals surface area contributed by atoms with Crippen LogP contribution in [0.4, 0.5) is 0 Å². The molecule has 9 rings (SSSR count). The fourth-order valence-electron chi connectivity index (χ4n) is 8.28. The Labute approximate surface area is 288 Å². The monoisotopic (exact) mass is 622 g/mol. The predicted molar refractivity (Wildman–Crippen MR) is 214 cm³/mol. The third kappa shape index (κ3) is 4.85. The fourth-order valence-corrected chi connectivity index (χ4v) is 8.28. The fraction of sp³-hybridized carbons (Fsp3) is 0.0417. The van der Waals surface area contributed by atoms with Crippen molar-refractivity contribution in [2.75, 3.05) is 0 Å². The van der Waals surface area contributed by atoms with Crippen LogP contribution in [-0.2, 0) is 0 Å². The molecule has 0 spiro atoms. The molecular formula is C48H35B. The van der Waals surface area contributed by atoms with E-state index in [0.717, 1.165) is 0 Å². The van der Waals surface area contributed by atoms with Gasteiger partial charge in [0.1, 0.15) is 0 Å². The lowest BCUT2D eigenvalue weighted by molar-refractivity contribution is 1.52. The van der Waals surface area contributed by atoms with Crippen molar-refractivity contribution in [1.29, 1.82) is 0 Å². The van der Waals surface area contributed by atoms with Gasteiger partial charge in [0, 0.05) is 0 Å². The lowest BCUT2D eigenvalue weighted by atomic mass is 9.34. The van der Waals surface area contributed by atoms with Gasteiger partial charge in [-0.3, -0.25) is 0 Å². The summed E-state index contributed by atoms with van der Waals surface area (Å²) in [4.78, 5) is 0. The number of rotatable bonds is 5. The van der Waals surface area contributed by atoms with E-state index in [4.69, 9.17) is 0 Å². The van der Waals surface area contributed by atoms with Crippen LogP contribution in [0.25, 0.3) is 65.3 Å². The van der Waals surface area contributed by atoms with Gasteiger partial charge in [0.05, 0.1) is 0 Å². The first-order valence-electron chi connectivity index (χ1n) is 17.2. The largest absolute Gasteiger partial charge is 0.243 e. The molecule has 0 aliphatic rings. The molecule has 9 aromatic carbocycles. The van der Waals surface area contributed by atoms with Gasteiger partial charge in [0.15, 0.2) is 0 Å². The van der Waals surface area contributed by atoms with Gasteiger partial charge in [-0.25, -0.2) is 0 Å². The highest BCUT2D eigenvalue weighted by atomic mass is 14.2. The van der Waals surface area contributed by atoms with Crippen LogP contribution < -0.4 is 16.4 Å². The highest BCUT2D eigenvalue weighted by molar-refractivity contribution is 6.98. The molecule has 0 N–H and O–H groups in total. The van der Waals surface area contributed by atoms with E-state index in [0.29, 0.717) is 0 Å². The van der Waals surface area contributed by atoms with E-state index in [1.807, 2.05) is 0 Å². The molecule has 0 amide bonds. The zero-order valence-electron chi connectivity index (χ0n) is 27.8. The summed E-state index contributed by atoms with van der Waals surface area (Å²) in [6.07, 6.45) is 0. The maximum Gasteiger partial charge on any atom is 0.243 e. The zero-order chi connectivity index (χ0) is 32.9. The van der Waals surface area contributed by atoms with Crippen molar-refractivity contribution >= 4 is 66.2 Å². The van der Waals surface area contributed by atoms with Crippen LogP contribution in [0.3, 0.4) is 0 Å². The minimum atomic E-state index is 0.0401. The molecule has 0 heterocycles. The van der Waals surface area contributed by atoms with Gasteiger partial charge in [0.2, 0.25) is 6.71 Å². The van der Waals surface area contributed by atoms with Crippen molar-refractivity contribution < 1.29 is 0 Å². The van der Waals surface area contributed by atoms with Crippen molar-refractivity contribution in [2.45, 2.75) is 13.8 Å². The molecule has 0 saturated carbocycles. The minimum Gasteiger partial charge on any atom is -0.0680 e. The zero-order valence-corrected chi connectivity index (χ0v) is 27.8. The first kappa shape index (κ1) is 29.2. The van der Waals surface area contributed by atoms with Gasteiger partial charge in [-0.2, -0.15) is 0 Å². The molecule has 0 fully saturated rings. The summed E-state index contributed by atoms with van der Waals surface area (Å²) in [5, 5.41) is 10.3. The normalized spacial score (nSPS) is 11.5. The van der Waals surface area contributed by atoms with Gasteiger partial charge in [0.25, 0.3) is 0 Å². The van der Waals surface area contributed by atoms with Crippen molar-refractivity contribution in [1.82, 2.24) is 0 Å². The summed E-state index contributed by atoms with van der Waals surface area (Å²) in [5.74, 6) is 0. The number of fused-ring (bicyclic) bond motifs is 4. The summed E-state index contributed by atoms with van der Waals surface area (Å²) in [6, 6.07) is 65.0. The topological polar surface area (TPSA) is 0 Å². The number of benzene rings is 9. The molecule has 0 aliphatic heterocycles. The molecule has 0 aliphatic carbocycles. The van der Waals surface area contributed by atoms with Gasteiger partial charge < -0.3 is 0 Å². The summed E-state index contributed by atoms with van der Waals surface area (Å²) in [7, 11) is 0. The Kier molecular flexibility index (Phi) is 7.13. The lowest BCUT2D eigenvalue weighted by Crippen LogP contribution is -2.54. The second-order valence-electron chi connectivity index (χ2n) is 13.3. The van der Waals surface area contributed by atoms with Crippen LogP contribution in [0.2, 0.25) is 0 Å². The lowest BCUT2D eigenvalue weighted by Gasteiger charge is -2.24. The third-order valence-electron chi connectivity index (χ3n) is 10.5. The van der Waals surface area contributed by atoms with Crippen LogP contribution in [0.1, 0.15) is 11.1 Å². The van der Waals surface area contributed by atoms with Crippen molar-refractivity contribution in [3.63, 3.8) is 0 Å². The van der Waals surface area contributed by atoms with E-state index in [-0.39, 0.29) is 6.71 Å². The summed E-state index contributed by atoms with van der Waals surface area (Å²) in [6.45, 7) is 4.60. The summed E-state index contributed by atoms with van der Waals surface area (Å²) >= 11 is 0. The molecule has 0 bridgehead atoms. The first-order chi connectivity index (χ1) is 24.2. The molecular weight excluding hydrogens is 587 g/mol. The van der Waals surface area contributed by atoms with E-state index in [9.17, 15) is 0 Å². The first-order valence-corrected chi connectivity index (χ1v) is 17.2. The molecule has 0 aromatic heterocycles. The van der Waals surface area contributed by atoms with Crippen molar-refractivity contribution in [2.24, 2.45) is 0 Å². The average molecular weight is 623 g/mol. The second kappa shape index (κ2) is 12.0. The van der Waals surface area contributed by atoms with E-state index < -0.39 is 0 Å². The Bertz CT molecular complexity index is 2540. The second-order valence-corrected chi connectivity index (χ2v) is 13.3. The molecule has 49 heavy (non-hydrogen) atoms. The number of hydrogen-bond donors (Lipinski definition) is 0. The van der Waals surface area contributed by atoms with Gasteiger partial charge in [-0.1, -0.05) is 203 Å². The van der Waals surface area contributed by atoms with Gasteiger partial charge in [-0.05, 0) is 79.2 Å².